The summed E-state index contributed by atoms with van der Waals surface area (Å²) in [5, 5.41) is 33.5. The van der Waals surface area contributed by atoms with Crippen molar-refractivity contribution in [1.82, 2.24) is 45.5 Å². The SMILES string of the molecule is Cc1ncsc1-c1ccc(CNC(=O)[C@@H]2C[C@@H](O)CN2C(=O)[C@@H](NC(=O)CCOCCOCCOCCOCCOCCC(=O)NCCN2CCN(Cc3cccc(-c4ccc(N5CCN(C)CC5)c(NC(O)c5c[nH]c(=O)cc5C(F)(F)F)c4)c3)CC2)C(C)(C)C)cc1. The van der Waals surface area contributed by atoms with Crippen LogP contribution in [0.25, 0.3) is 21.6 Å². The zero-order chi connectivity index (χ0) is 67.2. The number of carbonyl (C=O) groups is 4. The number of anilines is 2. The fourth-order valence-electron chi connectivity index (χ4n) is 11.4. The molecule has 94 heavy (non-hydrogen) atoms. The standard InChI is InChI=1S/C67H92F3N11O12S/c1-46-61(94-45-74-46)49-11-9-47(10-12-49)41-73-64(87)57-39-52(82)44-81(57)65(88)62(66(2,3)4)76-59(84)16-28-90-30-32-92-34-36-93-35-33-91-31-29-89-27-15-58(83)71-17-18-78-21-23-79(24-22-78)43-48-7-6-8-50(37-48)51-13-14-56(80-25-19-77(5)20-26-80)55(38-51)75-63(86)53-42-72-60(85)40-54(53)67(68,69)70/h6-14,37-38,40,42,45,52,57,62-63,75,82,86H,15-36,39,41,43-44H2,1-5H3,(H,71,83)(H,72,85)(H,73,87)(H,76,84)/t52-,57+,62-,63?/m1/s1. The Bertz CT molecular complexity index is 3280. The molecule has 5 heterocycles. The molecule has 27 heteroatoms. The van der Waals surface area contributed by atoms with Gasteiger partial charge in [0.1, 0.15) is 12.1 Å². The number of aromatic amines is 1. The highest BCUT2D eigenvalue weighted by Crippen LogP contribution is 2.38. The molecule has 5 aromatic rings. The van der Waals surface area contributed by atoms with Gasteiger partial charge in [-0.3, -0.25) is 33.8 Å². The highest BCUT2D eigenvalue weighted by molar-refractivity contribution is 7.13. The van der Waals surface area contributed by atoms with E-state index in [1.165, 1.54) is 4.90 Å². The molecule has 23 nitrogen and oxygen atoms in total. The smallest absolute Gasteiger partial charge is 0.391 e. The number of carbonyl (C=O) groups excluding carboxylic acids is 4. The number of piperazine rings is 2. The second-order valence-electron chi connectivity index (χ2n) is 24.9. The number of aliphatic hydroxyl groups is 2. The number of alkyl halides is 3. The molecule has 3 aliphatic heterocycles. The van der Waals surface area contributed by atoms with Gasteiger partial charge in [-0.2, -0.15) is 13.2 Å². The van der Waals surface area contributed by atoms with Gasteiger partial charge in [0, 0.05) is 122 Å². The van der Waals surface area contributed by atoms with Crippen LogP contribution in [0.1, 0.15) is 74.2 Å². The monoisotopic (exact) mass is 1330 g/mol. The Morgan fingerprint density at radius 2 is 1.34 bits per heavy atom. The van der Waals surface area contributed by atoms with E-state index >= 15 is 0 Å². The number of pyridine rings is 1. The lowest BCUT2D eigenvalue weighted by Crippen LogP contribution is -2.57. The number of β-amino-alcohol motifs (C(OH)–C–C–N with tert-alkyl or cyclic N) is 1. The van der Waals surface area contributed by atoms with E-state index in [1.807, 2.05) is 89.3 Å². The van der Waals surface area contributed by atoms with Gasteiger partial charge in [0.25, 0.3) is 0 Å². The van der Waals surface area contributed by atoms with Gasteiger partial charge < -0.3 is 74.8 Å². The molecule has 0 aliphatic carbocycles. The molecule has 8 rings (SSSR count). The van der Waals surface area contributed by atoms with Gasteiger partial charge in [0.15, 0.2) is 6.23 Å². The third-order valence-corrected chi connectivity index (χ3v) is 17.7. The van der Waals surface area contributed by atoms with Gasteiger partial charge in [0.2, 0.25) is 29.2 Å². The molecule has 1 unspecified atom stereocenters. The molecule has 514 valence electrons. The molecule has 2 aromatic heterocycles. The lowest BCUT2D eigenvalue weighted by molar-refractivity contribution is -0.144. The van der Waals surface area contributed by atoms with Crippen LogP contribution >= 0.6 is 11.3 Å². The summed E-state index contributed by atoms with van der Waals surface area (Å²) in [6.07, 6.45) is -6.25. The first-order valence-corrected chi connectivity index (χ1v) is 33.0. The number of rotatable bonds is 34. The first-order valence-electron chi connectivity index (χ1n) is 32.2. The summed E-state index contributed by atoms with van der Waals surface area (Å²) in [5.41, 5.74) is 5.44. The highest BCUT2D eigenvalue weighted by Gasteiger charge is 2.44. The number of hydrogen-bond acceptors (Lipinski definition) is 19. The van der Waals surface area contributed by atoms with E-state index in [9.17, 15) is 47.4 Å². The first kappa shape index (κ1) is 72.9. The number of aromatic nitrogens is 2. The fraction of sp³-hybridized carbons (Fsp3) is 0.552. The van der Waals surface area contributed by atoms with Gasteiger partial charge >= 0.3 is 6.18 Å². The maximum Gasteiger partial charge on any atom is 0.417 e. The van der Waals surface area contributed by atoms with Crippen molar-refractivity contribution in [3.05, 3.63) is 123 Å². The number of nitrogens with one attached hydrogen (secondary N) is 5. The quantitative estimate of drug-likeness (QED) is 0.0205. The van der Waals surface area contributed by atoms with Crippen LogP contribution < -0.4 is 31.7 Å². The Labute approximate surface area is 551 Å². The van der Waals surface area contributed by atoms with E-state index < -0.39 is 58.6 Å². The number of thiazole rings is 1. The van der Waals surface area contributed by atoms with E-state index in [0.29, 0.717) is 77.6 Å². The number of amides is 4. The van der Waals surface area contributed by atoms with E-state index in [0.717, 1.165) is 103 Å². The van der Waals surface area contributed by atoms with Crippen LogP contribution in [0.15, 0.2) is 89.3 Å². The Hall–Kier alpha value is -6.89. The topological polar surface area (TPSA) is 265 Å². The number of aryl methyl sites for hydroxylation is 1. The summed E-state index contributed by atoms with van der Waals surface area (Å²) < 4.78 is 69.9. The molecular weight excluding hydrogens is 1240 g/mol. The number of H-pyrrole nitrogens is 1. The van der Waals surface area contributed by atoms with E-state index in [2.05, 4.69) is 63.0 Å². The molecule has 7 N–H and O–H groups in total. The molecule has 0 radical (unpaired) electrons. The zero-order valence-electron chi connectivity index (χ0n) is 54.5. The van der Waals surface area contributed by atoms with Crippen molar-refractivity contribution >= 4 is 46.3 Å². The Morgan fingerprint density at radius 3 is 1.96 bits per heavy atom. The van der Waals surface area contributed by atoms with Gasteiger partial charge in [-0.05, 0) is 65.4 Å². The van der Waals surface area contributed by atoms with Crippen LogP contribution in [0.4, 0.5) is 24.5 Å². The summed E-state index contributed by atoms with van der Waals surface area (Å²) >= 11 is 1.57. The minimum Gasteiger partial charge on any atom is -0.391 e. The van der Waals surface area contributed by atoms with Gasteiger partial charge in [-0.25, -0.2) is 4.98 Å². The lowest BCUT2D eigenvalue weighted by atomic mass is 9.85. The normalized spacial score (nSPS) is 17.5. The maximum atomic E-state index is 14.0. The predicted molar refractivity (Wildman–Crippen MR) is 352 cm³/mol. The van der Waals surface area contributed by atoms with Gasteiger partial charge in [-0.1, -0.05) is 69.3 Å². The molecule has 3 aromatic carbocycles. The fourth-order valence-corrected chi connectivity index (χ4v) is 12.2. The molecule has 4 amide bonds. The first-order chi connectivity index (χ1) is 45.1. The third kappa shape index (κ3) is 22.4. The average Bonchev–Trinajstić information content (AvgIpc) is 1.39. The second-order valence-corrected chi connectivity index (χ2v) is 25.8. The van der Waals surface area contributed by atoms with Gasteiger partial charge in [-0.15, -0.1) is 11.3 Å². The molecule has 0 saturated carbocycles. The summed E-state index contributed by atoms with van der Waals surface area (Å²) in [7, 11) is 2.03. The van der Waals surface area contributed by atoms with Crippen molar-refractivity contribution < 1.29 is 66.2 Å². The molecule has 3 fully saturated rings. The summed E-state index contributed by atoms with van der Waals surface area (Å²) in [5.74, 6) is -1.28. The minimum absolute atomic E-state index is 0.00782. The molecule has 0 bridgehead atoms. The van der Waals surface area contributed by atoms with Crippen molar-refractivity contribution in [3.63, 3.8) is 0 Å². The molecule has 3 saturated heterocycles. The second kappa shape index (κ2) is 35.7. The van der Waals surface area contributed by atoms with Crippen LogP contribution in [-0.4, -0.2) is 227 Å². The van der Waals surface area contributed by atoms with Crippen molar-refractivity contribution in [1.29, 1.82) is 0 Å². The molecule has 4 atom stereocenters. The molecule has 3 aliphatic rings. The summed E-state index contributed by atoms with van der Waals surface area (Å²) in [4.78, 5) is 83.0. The summed E-state index contributed by atoms with van der Waals surface area (Å²) in [6, 6.07) is 20.4. The number of hydrogen-bond donors (Lipinski definition) is 7. The number of ether oxygens (including phenoxy) is 5. The Balaban J connectivity index is 0.619. The van der Waals surface area contributed by atoms with Crippen LogP contribution in [0, 0.1) is 12.3 Å². The zero-order valence-corrected chi connectivity index (χ0v) is 55.3. The van der Waals surface area contributed by atoms with Crippen molar-refractivity contribution in [3.8, 4) is 21.6 Å². The number of likely N-dealkylation sites (N-methyl/N-ethyl adjacent to an activating group) is 1. The predicted octanol–water partition coefficient (Wildman–Crippen LogP) is 5.25. The third-order valence-electron chi connectivity index (χ3n) is 16.7. The Kier molecular flexibility index (Phi) is 27.7. The van der Waals surface area contributed by atoms with Crippen molar-refractivity contribution in [2.45, 2.75) is 90.6 Å². The maximum absolute atomic E-state index is 14.0. The van der Waals surface area contributed by atoms with Crippen molar-refractivity contribution in [2.24, 2.45) is 5.41 Å². The van der Waals surface area contributed by atoms with Crippen molar-refractivity contribution in [2.75, 3.05) is 155 Å². The Morgan fingerprint density at radius 1 is 0.734 bits per heavy atom. The highest BCUT2D eigenvalue weighted by atomic mass is 32.1. The molecular formula is C67H92F3N11O12S. The van der Waals surface area contributed by atoms with Crippen LogP contribution in [0.3, 0.4) is 0 Å². The number of likely N-dealkylation sites (tertiary alicyclic amines) is 1. The largest absolute Gasteiger partial charge is 0.417 e. The van der Waals surface area contributed by atoms with Gasteiger partial charge in [0.05, 0.1) is 105 Å². The van der Waals surface area contributed by atoms with E-state index in [4.69, 9.17) is 23.7 Å². The number of aliphatic hydroxyl groups excluding tert-OH is 2. The van der Waals surface area contributed by atoms with Crippen LogP contribution in [0.5, 0.6) is 0 Å². The van der Waals surface area contributed by atoms with E-state index in [1.54, 1.807) is 16.8 Å². The lowest BCUT2D eigenvalue weighted by Gasteiger charge is -2.35. The number of benzene rings is 3. The average molecular weight is 1330 g/mol. The minimum atomic E-state index is -4.85. The van der Waals surface area contributed by atoms with Crippen LogP contribution in [-0.2, 0) is 62.1 Å². The number of nitrogens with zero attached hydrogens (tertiary/aromatic N) is 6. The number of halogens is 3. The molecule has 0 spiro atoms. The summed E-state index contributed by atoms with van der Waals surface area (Å²) in [6.45, 7) is 19.1. The van der Waals surface area contributed by atoms with Crippen LogP contribution in [0.2, 0.25) is 0 Å². The van der Waals surface area contributed by atoms with E-state index in [-0.39, 0.29) is 69.9 Å².